The number of aryl methyl sites for hydroxylation is 1. The number of nitrogens with zero attached hydrogens (tertiary/aromatic N) is 3. The van der Waals surface area contributed by atoms with E-state index in [0.717, 1.165) is 23.5 Å². The maximum atomic E-state index is 12.8. The Morgan fingerprint density at radius 3 is 2.83 bits per heavy atom. The number of halogens is 2. The molecule has 3 rings (SSSR count). The molecule has 0 atom stereocenters. The summed E-state index contributed by atoms with van der Waals surface area (Å²) in [6.45, 7) is 2.90. The van der Waals surface area contributed by atoms with Crippen LogP contribution in [0.25, 0.3) is 0 Å². The third-order valence-electron chi connectivity index (χ3n) is 3.75. The molecule has 0 bridgehead atoms. The van der Waals surface area contributed by atoms with Crippen molar-refractivity contribution < 1.29 is 9.53 Å². The average molecular weight is 352 g/mol. The molecule has 1 aromatic heterocycles. The van der Waals surface area contributed by atoms with Gasteiger partial charge in [0.25, 0.3) is 5.91 Å². The van der Waals surface area contributed by atoms with E-state index in [-0.39, 0.29) is 5.91 Å². The van der Waals surface area contributed by atoms with Gasteiger partial charge in [0.05, 0.1) is 29.9 Å². The topological polar surface area (TPSA) is 55.3 Å². The number of ether oxygens (including phenoxy) is 1. The molecule has 1 aliphatic heterocycles. The second-order valence-electron chi connectivity index (χ2n) is 5.24. The molecule has 0 spiro atoms. The molecule has 1 amide bonds. The van der Waals surface area contributed by atoms with Crippen LogP contribution in [0, 0.1) is 0 Å². The summed E-state index contributed by atoms with van der Waals surface area (Å²) < 4.78 is 5.26. The number of carbonyl (C=O) groups is 1. The predicted octanol–water partition coefficient (Wildman–Crippen LogP) is 3.51. The van der Waals surface area contributed by atoms with Crippen LogP contribution in [-0.4, -0.2) is 27.9 Å². The fraction of sp³-hybridized carbons (Fsp3) is 0.312. The molecule has 0 radical (unpaired) electrons. The van der Waals surface area contributed by atoms with E-state index < -0.39 is 0 Å². The summed E-state index contributed by atoms with van der Waals surface area (Å²) >= 11 is 12.1. The first-order chi connectivity index (χ1) is 11.0. The molecule has 0 N–H and O–H groups in total. The number of hydrogen-bond acceptors (Lipinski definition) is 4. The molecule has 0 aliphatic carbocycles. The number of methoxy groups -OCH3 is 1. The highest BCUT2D eigenvalue weighted by Gasteiger charge is 2.28. The summed E-state index contributed by atoms with van der Waals surface area (Å²) in [5.41, 5.74) is 2.20. The Kier molecular flexibility index (Phi) is 4.41. The quantitative estimate of drug-likeness (QED) is 0.848. The van der Waals surface area contributed by atoms with Crippen molar-refractivity contribution in [3.8, 4) is 5.75 Å². The fourth-order valence-electron chi connectivity index (χ4n) is 2.61. The Hall–Kier alpha value is -1.85. The minimum Gasteiger partial charge on any atom is -0.494 e. The number of benzene rings is 1. The Morgan fingerprint density at radius 1 is 1.35 bits per heavy atom. The first-order valence-electron chi connectivity index (χ1n) is 7.19. The van der Waals surface area contributed by atoms with Gasteiger partial charge in [0.15, 0.2) is 0 Å². The zero-order chi connectivity index (χ0) is 16.6. The largest absolute Gasteiger partial charge is 0.494 e. The Morgan fingerprint density at radius 2 is 2.13 bits per heavy atom. The molecule has 0 saturated carbocycles. The Balaban J connectivity index is 1.91. The van der Waals surface area contributed by atoms with Gasteiger partial charge in [-0.1, -0.05) is 30.1 Å². The van der Waals surface area contributed by atoms with Crippen molar-refractivity contribution in [2.45, 2.75) is 26.4 Å². The number of hydrogen-bond donors (Lipinski definition) is 0. The maximum absolute atomic E-state index is 12.8. The fourth-order valence-corrected chi connectivity index (χ4v) is 3.18. The van der Waals surface area contributed by atoms with Crippen molar-refractivity contribution in [1.82, 2.24) is 14.9 Å². The van der Waals surface area contributed by atoms with E-state index in [4.69, 9.17) is 27.9 Å². The molecule has 0 unspecified atom stereocenters. The highest BCUT2D eigenvalue weighted by Crippen LogP contribution is 2.34. The van der Waals surface area contributed by atoms with Gasteiger partial charge in [-0.2, -0.15) is 0 Å². The SMILES string of the molecule is CCc1ncc2c(n1)CN(C(=O)c1cc(Cl)cc(Cl)c1OC)C2. The Bertz CT molecular complexity index is 780. The van der Waals surface area contributed by atoms with Crippen molar-refractivity contribution in [3.63, 3.8) is 0 Å². The van der Waals surface area contributed by atoms with Crippen molar-refractivity contribution in [2.75, 3.05) is 7.11 Å². The van der Waals surface area contributed by atoms with E-state index in [1.165, 1.54) is 7.11 Å². The normalized spacial score (nSPS) is 13.1. The third kappa shape index (κ3) is 2.99. The average Bonchev–Trinajstić information content (AvgIpc) is 2.96. The molecule has 2 aromatic rings. The minimum absolute atomic E-state index is 0.192. The van der Waals surface area contributed by atoms with E-state index in [1.54, 1.807) is 23.2 Å². The molecule has 0 saturated heterocycles. The van der Waals surface area contributed by atoms with Crippen LogP contribution in [0.3, 0.4) is 0 Å². The van der Waals surface area contributed by atoms with Crippen molar-refractivity contribution >= 4 is 29.1 Å². The lowest BCUT2D eigenvalue weighted by Gasteiger charge is -2.18. The number of carbonyl (C=O) groups excluding carboxylic acids is 1. The first kappa shape index (κ1) is 16.0. The summed E-state index contributed by atoms with van der Waals surface area (Å²) in [5.74, 6) is 0.918. The van der Waals surface area contributed by atoms with E-state index in [9.17, 15) is 4.79 Å². The smallest absolute Gasteiger partial charge is 0.258 e. The number of aromatic nitrogens is 2. The Labute approximate surface area is 144 Å². The summed E-state index contributed by atoms with van der Waals surface area (Å²) in [4.78, 5) is 23.3. The summed E-state index contributed by atoms with van der Waals surface area (Å²) in [6, 6.07) is 3.12. The number of fused-ring (bicyclic) bond motifs is 1. The predicted molar refractivity (Wildman–Crippen MR) is 88.0 cm³/mol. The second-order valence-corrected chi connectivity index (χ2v) is 6.08. The molecule has 23 heavy (non-hydrogen) atoms. The van der Waals surface area contributed by atoms with E-state index >= 15 is 0 Å². The maximum Gasteiger partial charge on any atom is 0.258 e. The van der Waals surface area contributed by atoms with Crippen LogP contribution >= 0.6 is 23.2 Å². The van der Waals surface area contributed by atoms with Crippen LogP contribution < -0.4 is 4.74 Å². The van der Waals surface area contributed by atoms with Crippen molar-refractivity contribution in [2.24, 2.45) is 0 Å². The molecule has 2 heterocycles. The van der Waals surface area contributed by atoms with Gasteiger partial charge < -0.3 is 9.64 Å². The summed E-state index contributed by atoms with van der Waals surface area (Å²) in [7, 11) is 1.48. The van der Waals surface area contributed by atoms with Gasteiger partial charge in [-0.3, -0.25) is 4.79 Å². The van der Waals surface area contributed by atoms with Gasteiger partial charge in [-0.15, -0.1) is 0 Å². The summed E-state index contributed by atoms with van der Waals surface area (Å²) in [6.07, 6.45) is 2.55. The molecule has 120 valence electrons. The monoisotopic (exact) mass is 351 g/mol. The summed E-state index contributed by atoms with van der Waals surface area (Å²) in [5, 5.41) is 0.706. The van der Waals surface area contributed by atoms with Crippen molar-refractivity contribution in [1.29, 1.82) is 0 Å². The standard InChI is InChI=1S/C16H15Cl2N3O2/c1-3-14-19-6-9-7-21(8-13(9)20-14)16(22)11-4-10(17)5-12(18)15(11)23-2/h4-6H,3,7-8H2,1-2H3. The number of rotatable bonds is 3. The van der Waals surface area contributed by atoms with Crippen LogP contribution in [0.2, 0.25) is 10.0 Å². The van der Waals surface area contributed by atoms with Crippen LogP contribution in [0.1, 0.15) is 34.4 Å². The van der Waals surface area contributed by atoms with Crippen LogP contribution in [0.4, 0.5) is 0 Å². The molecule has 5 nitrogen and oxygen atoms in total. The van der Waals surface area contributed by atoms with Gasteiger partial charge in [0.1, 0.15) is 11.6 Å². The lowest BCUT2D eigenvalue weighted by molar-refractivity contribution is 0.0747. The van der Waals surface area contributed by atoms with Crippen LogP contribution in [0.5, 0.6) is 5.75 Å². The van der Waals surface area contributed by atoms with Gasteiger partial charge in [0.2, 0.25) is 0 Å². The van der Waals surface area contributed by atoms with E-state index in [0.29, 0.717) is 34.4 Å². The molecule has 1 aromatic carbocycles. The van der Waals surface area contributed by atoms with Gasteiger partial charge >= 0.3 is 0 Å². The van der Waals surface area contributed by atoms with E-state index in [2.05, 4.69) is 9.97 Å². The van der Waals surface area contributed by atoms with Crippen molar-refractivity contribution in [3.05, 3.63) is 51.0 Å². The number of amides is 1. The highest BCUT2D eigenvalue weighted by molar-refractivity contribution is 6.36. The molecule has 0 fully saturated rings. The first-order valence-corrected chi connectivity index (χ1v) is 7.95. The van der Waals surface area contributed by atoms with Gasteiger partial charge in [-0.25, -0.2) is 9.97 Å². The zero-order valence-corrected chi connectivity index (χ0v) is 14.3. The second kappa shape index (κ2) is 6.34. The lowest BCUT2D eigenvalue weighted by atomic mass is 10.1. The molecule has 1 aliphatic rings. The zero-order valence-electron chi connectivity index (χ0n) is 12.8. The molecular weight excluding hydrogens is 337 g/mol. The van der Waals surface area contributed by atoms with Crippen LogP contribution in [-0.2, 0) is 19.5 Å². The van der Waals surface area contributed by atoms with Crippen LogP contribution in [0.15, 0.2) is 18.3 Å². The van der Waals surface area contributed by atoms with Gasteiger partial charge in [-0.05, 0) is 12.1 Å². The third-order valence-corrected chi connectivity index (χ3v) is 4.25. The lowest BCUT2D eigenvalue weighted by Crippen LogP contribution is -2.26. The molecule has 7 heteroatoms. The van der Waals surface area contributed by atoms with E-state index in [1.807, 2.05) is 6.92 Å². The minimum atomic E-state index is -0.192. The van der Waals surface area contributed by atoms with Gasteiger partial charge in [0, 0.05) is 29.7 Å². The highest BCUT2D eigenvalue weighted by atomic mass is 35.5. The molecular formula is C16H15Cl2N3O2.